The molecule has 1 saturated carbocycles. The van der Waals surface area contributed by atoms with Crippen molar-refractivity contribution in [3.05, 3.63) is 29.8 Å². The fourth-order valence-electron chi connectivity index (χ4n) is 1.52. The molecule has 2 N–H and O–H groups in total. The number of rotatable bonds is 4. The van der Waals surface area contributed by atoms with Gasteiger partial charge in [0.1, 0.15) is 0 Å². The minimum atomic E-state index is -0.385. The topological polar surface area (TPSA) is 67.4 Å². The van der Waals surface area contributed by atoms with Crippen molar-refractivity contribution < 1.29 is 14.3 Å². The molecule has 0 atom stereocenters. The maximum atomic E-state index is 11.5. The monoisotopic (exact) mass is 248 g/mol. The molecule has 0 heterocycles. The van der Waals surface area contributed by atoms with Crippen LogP contribution in [0.1, 0.15) is 30.1 Å². The number of benzene rings is 1. The van der Waals surface area contributed by atoms with Gasteiger partial charge in [0.15, 0.2) is 0 Å². The van der Waals surface area contributed by atoms with Crippen LogP contribution in [0, 0.1) is 0 Å². The number of nitrogens with one attached hydrogen (secondary N) is 2. The molecule has 5 nitrogen and oxygen atoms in total. The molecule has 0 bridgehead atoms. The van der Waals surface area contributed by atoms with Crippen LogP contribution in [0.25, 0.3) is 0 Å². The number of esters is 1. The van der Waals surface area contributed by atoms with Crippen LogP contribution in [-0.2, 0) is 4.74 Å². The summed E-state index contributed by atoms with van der Waals surface area (Å²) in [5.41, 5.74) is 1.01. The van der Waals surface area contributed by atoms with Crippen molar-refractivity contribution in [1.29, 1.82) is 0 Å². The first-order valence-corrected chi connectivity index (χ1v) is 6.03. The molecule has 0 aliphatic heterocycles. The van der Waals surface area contributed by atoms with Crippen LogP contribution in [0.2, 0.25) is 0 Å². The molecule has 1 aromatic carbocycles. The van der Waals surface area contributed by atoms with E-state index in [0.717, 1.165) is 12.8 Å². The molecular weight excluding hydrogens is 232 g/mol. The van der Waals surface area contributed by atoms with Crippen LogP contribution in [0.15, 0.2) is 24.3 Å². The number of urea groups is 1. The average Bonchev–Trinajstić information content (AvgIpc) is 3.13. The summed E-state index contributed by atoms with van der Waals surface area (Å²) in [5, 5.41) is 5.50. The van der Waals surface area contributed by atoms with Gasteiger partial charge in [-0.2, -0.15) is 0 Å². The Labute approximate surface area is 106 Å². The summed E-state index contributed by atoms with van der Waals surface area (Å²) in [6.07, 6.45) is 2.08. The summed E-state index contributed by atoms with van der Waals surface area (Å²) in [4.78, 5) is 23.1. The number of hydrogen-bond acceptors (Lipinski definition) is 3. The van der Waals surface area contributed by atoms with Crippen molar-refractivity contribution in [2.45, 2.75) is 25.8 Å². The van der Waals surface area contributed by atoms with Crippen molar-refractivity contribution in [2.24, 2.45) is 0 Å². The molecule has 0 spiro atoms. The van der Waals surface area contributed by atoms with Crippen LogP contribution in [-0.4, -0.2) is 24.6 Å². The van der Waals surface area contributed by atoms with Gasteiger partial charge in [-0.15, -0.1) is 0 Å². The van der Waals surface area contributed by atoms with Crippen LogP contribution >= 0.6 is 0 Å². The summed E-state index contributed by atoms with van der Waals surface area (Å²) in [6, 6.07) is 6.76. The molecule has 0 unspecified atom stereocenters. The predicted molar refractivity (Wildman–Crippen MR) is 67.6 cm³/mol. The summed E-state index contributed by atoms with van der Waals surface area (Å²) in [5.74, 6) is -0.385. The molecule has 1 aliphatic carbocycles. The van der Waals surface area contributed by atoms with Crippen LogP contribution < -0.4 is 10.6 Å². The lowest BCUT2D eigenvalue weighted by molar-refractivity contribution is 0.0526. The third-order valence-corrected chi connectivity index (χ3v) is 2.54. The zero-order valence-corrected chi connectivity index (χ0v) is 10.2. The quantitative estimate of drug-likeness (QED) is 0.802. The number of carbonyl (C=O) groups is 2. The van der Waals surface area contributed by atoms with E-state index in [0.29, 0.717) is 23.9 Å². The Hall–Kier alpha value is -2.04. The zero-order chi connectivity index (χ0) is 13.0. The molecule has 18 heavy (non-hydrogen) atoms. The van der Waals surface area contributed by atoms with E-state index >= 15 is 0 Å². The predicted octanol–water partition coefficient (Wildman–Crippen LogP) is 2.15. The highest BCUT2D eigenvalue weighted by Gasteiger charge is 2.23. The van der Waals surface area contributed by atoms with Crippen molar-refractivity contribution in [3.8, 4) is 0 Å². The summed E-state index contributed by atoms with van der Waals surface area (Å²) in [6.45, 7) is 2.09. The largest absolute Gasteiger partial charge is 0.462 e. The third kappa shape index (κ3) is 3.48. The molecule has 96 valence electrons. The van der Waals surface area contributed by atoms with Gasteiger partial charge in [0.2, 0.25) is 0 Å². The second kappa shape index (κ2) is 5.53. The molecule has 0 radical (unpaired) electrons. The third-order valence-electron chi connectivity index (χ3n) is 2.54. The molecule has 2 amide bonds. The lowest BCUT2D eigenvalue weighted by Gasteiger charge is -2.08. The molecule has 5 heteroatoms. The van der Waals surface area contributed by atoms with Crippen LogP contribution in [0.5, 0.6) is 0 Å². The Morgan fingerprint density at radius 2 is 2.17 bits per heavy atom. The number of ether oxygens (including phenoxy) is 1. The fourth-order valence-corrected chi connectivity index (χ4v) is 1.52. The minimum Gasteiger partial charge on any atom is -0.462 e. The van der Waals surface area contributed by atoms with E-state index < -0.39 is 0 Å². The highest BCUT2D eigenvalue weighted by molar-refractivity contribution is 5.94. The van der Waals surface area contributed by atoms with Gasteiger partial charge in [-0.1, -0.05) is 6.07 Å². The molecule has 1 fully saturated rings. The summed E-state index contributed by atoms with van der Waals surface area (Å²) < 4.78 is 4.90. The Balaban J connectivity index is 1.97. The van der Waals surface area contributed by atoms with Gasteiger partial charge >= 0.3 is 12.0 Å². The average molecular weight is 248 g/mol. The SMILES string of the molecule is CCOC(=O)c1cccc(NC(=O)NC2CC2)c1. The summed E-state index contributed by atoms with van der Waals surface area (Å²) in [7, 11) is 0. The van der Waals surface area contributed by atoms with Crippen LogP contribution in [0.3, 0.4) is 0 Å². The second-order valence-corrected chi connectivity index (χ2v) is 4.17. The van der Waals surface area contributed by atoms with E-state index in [1.165, 1.54) is 0 Å². The van der Waals surface area contributed by atoms with Crippen molar-refractivity contribution in [3.63, 3.8) is 0 Å². The van der Waals surface area contributed by atoms with Crippen LogP contribution in [0.4, 0.5) is 10.5 Å². The maximum absolute atomic E-state index is 11.5. The number of amides is 2. The van der Waals surface area contributed by atoms with E-state index in [2.05, 4.69) is 10.6 Å². The Bertz CT molecular complexity index is 455. The summed E-state index contributed by atoms with van der Waals surface area (Å²) >= 11 is 0. The Kier molecular flexibility index (Phi) is 3.82. The number of hydrogen-bond donors (Lipinski definition) is 2. The molecule has 0 saturated heterocycles. The Morgan fingerprint density at radius 3 is 2.83 bits per heavy atom. The van der Waals surface area contributed by atoms with Crippen molar-refractivity contribution in [2.75, 3.05) is 11.9 Å². The highest BCUT2D eigenvalue weighted by Crippen LogP contribution is 2.19. The van der Waals surface area contributed by atoms with Gasteiger partial charge in [0.25, 0.3) is 0 Å². The second-order valence-electron chi connectivity index (χ2n) is 4.17. The molecule has 1 aromatic rings. The number of carbonyl (C=O) groups excluding carboxylic acids is 2. The van der Waals surface area contributed by atoms with Crippen molar-refractivity contribution in [1.82, 2.24) is 5.32 Å². The molecule has 0 aromatic heterocycles. The standard InChI is InChI=1S/C13H16N2O3/c1-2-18-12(16)9-4-3-5-11(8-9)15-13(17)14-10-6-7-10/h3-5,8,10H,2,6-7H2,1H3,(H2,14,15,17). The van der Waals surface area contributed by atoms with Gasteiger partial charge in [0.05, 0.1) is 12.2 Å². The van der Waals surface area contributed by atoms with E-state index in [1.807, 2.05) is 0 Å². The minimum absolute atomic E-state index is 0.237. The van der Waals surface area contributed by atoms with E-state index in [9.17, 15) is 9.59 Å². The van der Waals surface area contributed by atoms with Gasteiger partial charge in [-0.3, -0.25) is 0 Å². The van der Waals surface area contributed by atoms with E-state index in [-0.39, 0.29) is 12.0 Å². The van der Waals surface area contributed by atoms with Gasteiger partial charge in [0, 0.05) is 11.7 Å². The smallest absolute Gasteiger partial charge is 0.338 e. The fraction of sp³-hybridized carbons (Fsp3) is 0.385. The lowest BCUT2D eigenvalue weighted by atomic mass is 10.2. The van der Waals surface area contributed by atoms with E-state index in [4.69, 9.17) is 4.74 Å². The van der Waals surface area contributed by atoms with Crippen molar-refractivity contribution >= 4 is 17.7 Å². The van der Waals surface area contributed by atoms with Gasteiger partial charge in [-0.25, -0.2) is 9.59 Å². The van der Waals surface area contributed by atoms with Gasteiger partial charge in [-0.05, 0) is 38.0 Å². The first-order chi connectivity index (χ1) is 8.69. The first-order valence-electron chi connectivity index (χ1n) is 6.03. The maximum Gasteiger partial charge on any atom is 0.338 e. The number of anilines is 1. The molecule has 1 aliphatic rings. The zero-order valence-electron chi connectivity index (χ0n) is 10.2. The lowest BCUT2D eigenvalue weighted by Crippen LogP contribution is -2.30. The molecular formula is C13H16N2O3. The Morgan fingerprint density at radius 1 is 1.39 bits per heavy atom. The highest BCUT2D eigenvalue weighted by atomic mass is 16.5. The first kappa shape index (κ1) is 12.4. The normalized spacial score (nSPS) is 13.8. The molecule has 2 rings (SSSR count). The van der Waals surface area contributed by atoms with E-state index in [1.54, 1.807) is 31.2 Å². The van der Waals surface area contributed by atoms with Gasteiger partial charge < -0.3 is 15.4 Å².